The summed E-state index contributed by atoms with van der Waals surface area (Å²) in [6.07, 6.45) is 0.530. The molecule has 0 aromatic heterocycles. The van der Waals surface area contributed by atoms with E-state index in [-0.39, 0.29) is 11.7 Å². The summed E-state index contributed by atoms with van der Waals surface area (Å²) >= 11 is 6.00. The van der Waals surface area contributed by atoms with Gasteiger partial charge in [0.15, 0.2) is 0 Å². The van der Waals surface area contributed by atoms with Crippen molar-refractivity contribution in [3.8, 4) is 0 Å². The van der Waals surface area contributed by atoms with Crippen molar-refractivity contribution in [2.24, 2.45) is 17.6 Å². The molecule has 3 atom stereocenters. The van der Waals surface area contributed by atoms with E-state index in [9.17, 15) is 9.18 Å². The Labute approximate surface area is 103 Å². The predicted molar refractivity (Wildman–Crippen MR) is 62.3 cm³/mol. The Balaban J connectivity index is 2.24. The lowest BCUT2D eigenvalue weighted by Gasteiger charge is -2.14. The maximum absolute atomic E-state index is 13.4. The second-order valence-electron chi connectivity index (χ2n) is 4.49. The Morgan fingerprint density at radius 1 is 1.65 bits per heavy atom. The van der Waals surface area contributed by atoms with Gasteiger partial charge in [0.1, 0.15) is 5.82 Å². The monoisotopic (exact) mass is 257 g/mol. The molecule has 1 aromatic rings. The average Bonchev–Trinajstić information content (AvgIpc) is 3.02. The molecule has 0 radical (unpaired) electrons. The highest BCUT2D eigenvalue weighted by Crippen LogP contribution is 2.47. The number of hydrogen-bond donors (Lipinski definition) is 2. The zero-order chi connectivity index (χ0) is 12.7. The van der Waals surface area contributed by atoms with Crippen LogP contribution < -0.4 is 5.73 Å². The van der Waals surface area contributed by atoms with Crippen LogP contribution in [0.15, 0.2) is 12.1 Å². The molecule has 17 heavy (non-hydrogen) atoms. The summed E-state index contributed by atoms with van der Waals surface area (Å²) in [4.78, 5) is 10.8. The molecule has 5 heteroatoms. The molecule has 3 N–H and O–H groups in total. The van der Waals surface area contributed by atoms with Crippen molar-refractivity contribution < 1.29 is 14.3 Å². The lowest BCUT2D eigenvalue weighted by atomic mass is 10.0. The van der Waals surface area contributed by atoms with Gasteiger partial charge in [-0.3, -0.25) is 4.79 Å². The molecular formula is C12H13ClFNO2. The van der Waals surface area contributed by atoms with Gasteiger partial charge in [0, 0.05) is 11.1 Å². The van der Waals surface area contributed by atoms with Gasteiger partial charge in [-0.25, -0.2) is 4.39 Å². The van der Waals surface area contributed by atoms with Gasteiger partial charge < -0.3 is 10.8 Å². The minimum atomic E-state index is -0.853. The number of aliphatic carboxylic acids is 1. The van der Waals surface area contributed by atoms with Crippen LogP contribution in [0.4, 0.5) is 4.39 Å². The van der Waals surface area contributed by atoms with Crippen LogP contribution in [0.3, 0.4) is 0 Å². The number of carboxylic acid groups (broad SMARTS) is 1. The Bertz CT molecular complexity index is 478. The van der Waals surface area contributed by atoms with E-state index in [1.54, 1.807) is 6.92 Å². The van der Waals surface area contributed by atoms with Crippen molar-refractivity contribution in [2.45, 2.75) is 19.4 Å². The van der Waals surface area contributed by atoms with E-state index in [0.29, 0.717) is 22.6 Å². The van der Waals surface area contributed by atoms with E-state index < -0.39 is 17.9 Å². The number of aryl methyl sites for hydroxylation is 1. The third-order valence-corrected chi connectivity index (χ3v) is 3.58. The normalized spacial score (nSPS) is 24.5. The first-order valence-electron chi connectivity index (χ1n) is 5.35. The Kier molecular flexibility index (Phi) is 3.10. The standard InChI is InChI=1S/C12H13ClFNO2/c1-5-2-9(13)8(4-10(5)14)11(15)6-3-7(6)12(16)17/h2,4,6-7,11H,3,15H2,1H3,(H,16,17). The largest absolute Gasteiger partial charge is 0.481 e. The van der Waals surface area contributed by atoms with E-state index >= 15 is 0 Å². The molecule has 0 saturated heterocycles. The number of rotatable bonds is 3. The first-order chi connectivity index (χ1) is 7.91. The topological polar surface area (TPSA) is 63.3 Å². The molecular weight excluding hydrogens is 245 g/mol. The Morgan fingerprint density at radius 2 is 2.29 bits per heavy atom. The Morgan fingerprint density at radius 3 is 2.82 bits per heavy atom. The molecule has 1 aliphatic carbocycles. The molecule has 1 fully saturated rings. The van der Waals surface area contributed by atoms with Crippen LogP contribution in [0.2, 0.25) is 5.02 Å². The van der Waals surface area contributed by atoms with Gasteiger partial charge in [-0.05, 0) is 42.5 Å². The molecule has 2 rings (SSSR count). The summed E-state index contributed by atoms with van der Waals surface area (Å²) in [5, 5.41) is 9.22. The molecule has 92 valence electrons. The number of nitrogens with two attached hydrogens (primary N) is 1. The van der Waals surface area contributed by atoms with E-state index in [1.165, 1.54) is 12.1 Å². The van der Waals surface area contributed by atoms with Crippen molar-refractivity contribution in [2.75, 3.05) is 0 Å². The maximum Gasteiger partial charge on any atom is 0.306 e. The molecule has 0 spiro atoms. The summed E-state index contributed by atoms with van der Waals surface area (Å²) in [5.74, 6) is -1.79. The van der Waals surface area contributed by atoms with Crippen molar-refractivity contribution >= 4 is 17.6 Å². The van der Waals surface area contributed by atoms with Crippen LogP contribution in [0, 0.1) is 24.6 Å². The molecule has 1 aromatic carbocycles. The predicted octanol–water partition coefficient (Wildman–Crippen LogP) is 2.51. The lowest BCUT2D eigenvalue weighted by molar-refractivity contribution is -0.138. The molecule has 3 unspecified atom stereocenters. The number of benzene rings is 1. The van der Waals surface area contributed by atoms with Gasteiger partial charge in [-0.15, -0.1) is 0 Å². The van der Waals surface area contributed by atoms with Crippen molar-refractivity contribution in [1.82, 2.24) is 0 Å². The summed E-state index contributed by atoms with van der Waals surface area (Å²) in [7, 11) is 0. The second-order valence-corrected chi connectivity index (χ2v) is 4.90. The van der Waals surface area contributed by atoms with Gasteiger partial charge in [-0.1, -0.05) is 11.6 Å². The molecule has 0 bridgehead atoms. The molecule has 1 saturated carbocycles. The first kappa shape index (κ1) is 12.3. The third kappa shape index (κ3) is 2.28. The number of hydrogen-bond acceptors (Lipinski definition) is 2. The number of carboxylic acids is 1. The van der Waals surface area contributed by atoms with Gasteiger partial charge in [0.25, 0.3) is 0 Å². The maximum atomic E-state index is 13.4. The van der Waals surface area contributed by atoms with E-state index in [0.717, 1.165) is 0 Å². The van der Waals surface area contributed by atoms with Crippen LogP contribution in [0.25, 0.3) is 0 Å². The van der Waals surface area contributed by atoms with Crippen LogP contribution in [-0.4, -0.2) is 11.1 Å². The average molecular weight is 258 g/mol. The van der Waals surface area contributed by atoms with Crippen molar-refractivity contribution in [3.05, 3.63) is 34.1 Å². The summed E-state index contributed by atoms with van der Waals surface area (Å²) in [5.41, 5.74) is 6.88. The summed E-state index contributed by atoms with van der Waals surface area (Å²) < 4.78 is 13.4. The van der Waals surface area contributed by atoms with Crippen LogP contribution in [-0.2, 0) is 4.79 Å². The molecule has 0 heterocycles. The highest BCUT2D eigenvalue weighted by Gasteiger charge is 2.47. The van der Waals surface area contributed by atoms with Gasteiger partial charge >= 0.3 is 5.97 Å². The fraction of sp³-hybridized carbons (Fsp3) is 0.417. The number of halogens is 2. The zero-order valence-electron chi connectivity index (χ0n) is 9.28. The smallest absolute Gasteiger partial charge is 0.306 e. The Hall–Kier alpha value is -1.13. The van der Waals surface area contributed by atoms with Crippen LogP contribution in [0.1, 0.15) is 23.6 Å². The first-order valence-corrected chi connectivity index (χ1v) is 5.73. The van der Waals surface area contributed by atoms with Crippen LogP contribution >= 0.6 is 11.6 Å². The van der Waals surface area contributed by atoms with Crippen molar-refractivity contribution in [3.63, 3.8) is 0 Å². The minimum absolute atomic E-state index is 0.146. The fourth-order valence-electron chi connectivity index (χ4n) is 2.04. The SMILES string of the molecule is Cc1cc(Cl)c(C(N)C2CC2C(=O)O)cc1F. The summed E-state index contributed by atoms with van der Waals surface area (Å²) in [6, 6.07) is 2.31. The molecule has 3 nitrogen and oxygen atoms in total. The van der Waals surface area contributed by atoms with Gasteiger partial charge in [0.2, 0.25) is 0 Å². The van der Waals surface area contributed by atoms with E-state index in [4.69, 9.17) is 22.4 Å². The van der Waals surface area contributed by atoms with Gasteiger partial charge in [0.05, 0.1) is 5.92 Å². The molecule has 0 aliphatic heterocycles. The molecule has 0 amide bonds. The van der Waals surface area contributed by atoms with Crippen molar-refractivity contribution in [1.29, 1.82) is 0 Å². The lowest BCUT2D eigenvalue weighted by Crippen LogP contribution is -2.16. The third-order valence-electron chi connectivity index (χ3n) is 3.26. The highest BCUT2D eigenvalue weighted by molar-refractivity contribution is 6.31. The number of carbonyl (C=O) groups is 1. The second kappa shape index (κ2) is 4.27. The molecule has 1 aliphatic rings. The zero-order valence-corrected chi connectivity index (χ0v) is 10.0. The van der Waals surface area contributed by atoms with Crippen LogP contribution in [0.5, 0.6) is 0 Å². The fourth-order valence-corrected chi connectivity index (χ4v) is 2.39. The van der Waals surface area contributed by atoms with E-state index in [2.05, 4.69) is 0 Å². The summed E-state index contributed by atoms with van der Waals surface area (Å²) in [6.45, 7) is 1.62. The quantitative estimate of drug-likeness (QED) is 0.875. The van der Waals surface area contributed by atoms with Gasteiger partial charge in [-0.2, -0.15) is 0 Å². The minimum Gasteiger partial charge on any atom is -0.481 e. The van der Waals surface area contributed by atoms with E-state index in [1.807, 2.05) is 0 Å². The highest BCUT2D eigenvalue weighted by atomic mass is 35.5.